The SMILES string of the molecule is c1ccc(-c2ccc(N(c3ccc(-c4ccc5c(c4)C4(c6ccccc6-5)c5ccc6ccccc6c5Oc5c4ccc4ccccc54)cc3)c3ccccc3-c3ccccc3)cc2)cc1. The van der Waals surface area contributed by atoms with Crippen molar-refractivity contribution in [2.75, 3.05) is 4.90 Å². The molecule has 11 aromatic carbocycles. The minimum atomic E-state index is -0.608. The summed E-state index contributed by atoms with van der Waals surface area (Å²) in [6.45, 7) is 0. The standard InChI is InChI=1S/C63H41NO/c1-3-15-42(16-4-1)43-27-34-49(35-28-43)64(60-26-14-12-21-51(60)45-17-5-2-6-18-45)50-36-29-44(30-37-50)48-31-38-55-54-24-11-13-25-56(54)63(59(55)41-48)57-39-32-46-19-7-9-22-52(46)61(57)65-62-53-23-10-8-20-47(53)33-40-58(62)63/h1-41H. The quantitative estimate of drug-likeness (QED) is 0.166. The van der Waals surface area contributed by atoms with E-state index in [1.54, 1.807) is 0 Å². The summed E-state index contributed by atoms with van der Waals surface area (Å²) in [6.07, 6.45) is 0. The van der Waals surface area contributed by atoms with Gasteiger partial charge in [-0.25, -0.2) is 0 Å². The van der Waals surface area contributed by atoms with Gasteiger partial charge in [-0.15, -0.1) is 0 Å². The predicted molar refractivity (Wildman–Crippen MR) is 270 cm³/mol. The third-order valence-corrected chi connectivity index (χ3v) is 13.7. The van der Waals surface area contributed by atoms with Gasteiger partial charge < -0.3 is 9.64 Å². The molecule has 2 heteroatoms. The minimum Gasteiger partial charge on any atom is -0.455 e. The van der Waals surface area contributed by atoms with Crippen molar-refractivity contribution in [2.45, 2.75) is 5.41 Å². The molecule has 0 amide bonds. The Kier molecular flexibility index (Phi) is 8.47. The maximum Gasteiger partial charge on any atom is 0.140 e. The first-order chi connectivity index (χ1) is 32.2. The number of para-hydroxylation sites is 1. The van der Waals surface area contributed by atoms with Gasteiger partial charge >= 0.3 is 0 Å². The van der Waals surface area contributed by atoms with Crippen molar-refractivity contribution in [3.63, 3.8) is 0 Å². The third-order valence-electron chi connectivity index (χ3n) is 13.7. The maximum atomic E-state index is 7.21. The van der Waals surface area contributed by atoms with Crippen molar-refractivity contribution >= 4 is 38.6 Å². The van der Waals surface area contributed by atoms with Crippen molar-refractivity contribution in [1.82, 2.24) is 0 Å². The fraction of sp³-hybridized carbons (Fsp3) is 0.0159. The summed E-state index contributed by atoms with van der Waals surface area (Å²) in [6, 6.07) is 90.6. The molecule has 0 unspecified atom stereocenters. The van der Waals surface area contributed by atoms with E-state index in [0.717, 1.165) is 55.7 Å². The van der Waals surface area contributed by atoms with E-state index in [4.69, 9.17) is 4.74 Å². The molecule has 0 aromatic heterocycles. The van der Waals surface area contributed by atoms with E-state index in [1.807, 2.05) is 0 Å². The normalized spacial score (nSPS) is 12.9. The van der Waals surface area contributed by atoms with E-state index in [0.29, 0.717) is 0 Å². The predicted octanol–water partition coefficient (Wildman–Crippen LogP) is 16.9. The highest BCUT2D eigenvalue weighted by molar-refractivity contribution is 6.00. The Bertz CT molecular complexity index is 3530. The van der Waals surface area contributed by atoms with E-state index >= 15 is 0 Å². The van der Waals surface area contributed by atoms with E-state index in [-0.39, 0.29) is 0 Å². The van der Waals surface area contributed by atoms with Gasteiger partial charge in [0.25, 0.3) is 0 Å². The third kappa shape index (κ3) is 5.74. The molecule has 0 N–H and O–H groups in total. The first-order valence-corrected chi connectivity index (χ1v) is 22.4. The number of hydrogen-bond donors (Lipinski definition) is 0. The first kappa shape index (κ1) is 37.1. The monoisotopic (exact) mass is 827 g/mol. The minimum absolute atomic E-state index is 0.608. The van der Waals surface area contributed by atoms with Crippen LogP contribution in [0.25, 0.3) is 66.1 Å². The molecular formula is C63H41NO. The van der Waals surface area contributed by atoms with Gasteiger partial charge in [0.15, 0.2) is 0 Å². The molecule has 11 aromatic rings. The van der Waals surface area contributed by atoms with Crippen LogP contribution < -0.4 is 9.64 Å². The Morgan fingerprint density at radius 3 is 1.38 bits per heavy atom. The molecule has 304 valence electrons. The van der Waals surface area contributed by atoms with Crippen LogP contribution in [0.4, 0.5) is 17.1 Å². The molecule has 0 fully saturated rings. The van der Waals surface area contributed by atoms with E-state index in [9.17, 15) is 0 Å². The van der Waals surface area contributed by atoms with Crippen LogP contribution in [0.1, 0.15) is 22.3 Å². The zero-order chi connectivity index (χ0) is 42.9. The Labute approximate surface area is 378 Å². The Morgan fingerprint density at radius 2 is 0.754 bits per heavy atom. The summed E-state index contributed by atoms with van der Waals surface area (Å²) in [5.41, 5.74) is 17.2. The highest BCUT2D eigenvalue weighted by atomic mass is 16.5. The van der Waals surface area contributed by atoms with Crippen LogP contribution in [0.2, 0.25) is 0 Å². The summed E-state index contributed by atoms with van der Waals surface area (Å²) in [7, 11) is 0. The summed E-state index contributed by atoms with van der Waals surface area (Å²) in [4.78, 5) is 2.39. The van der Waals surface area contributed by atoms with Crippen LogP contribution in [-0.2, 0) is 5.41 Å². The van der Waals surface area contributed by atoms with Crippen LogP contribution in [0, 0.1) is 0 Å². The van der Waals surface area contributed by atoms with Gasteiger partial charge in [0, 0.05) is 38.8 Å². The van der Waals surface area contributed by atoms with Gasteiger partial charge in [-0.1, -0.05) is 212 Å². The number of ether oxygens (including phenoxy) is 1. The molecule has 1 heterocycles. The number of benzene rings is 11. The summed E-state index contributed by atoms with van der Waals surface area (Å²) in [5.74, 6) is 1.86. The Balaban J connectivity index is 0.983. The molecule has 0 saturated heterocycles. The summed E-state index contributed by atoms with van der Waals surface area (Å²) >= 11 is 0. The molecule has 0 radical (unpaired) electrons. The molecule has 1 aliphatic heterocycles. The molecule has 0 bridgehead atoms. The molecule has 1 aliphatic carbocycles. The second-order valence-corrected chi connectivity index (χ2v) is 17.2. The Morgan fingerprint density at radius 1 is 0.292 bits per heavy atom. The summed E-state index contributed by atoms with van der Waals surface area (Å²) in [5, 5.41) is 4.57. The van der Waals surface area contributed by atoms with Crippen LogP contribution in [0.3, 0.4) is 0 Å². The lowest BCUT2D eigenvalue weighted by molar-refractivity contribution is 0.447. The number of nitrogens with zero attached hydrogens (tertiary/aromatic N) is 1. The highest BCUT2D eigenvalue weighted by Gasteiger charge is 2.52. The van der Waals surface area contributed by atoms with Gasteiger partial charge in [0.1, 0.15) is 11.5 Å². The largest absolute Gasteiger partial charge is 0.455 e. The second kappa shape index (κ2) is 14.8. The Hall–Kier alpha value is -8.46. The zero-order valence-electron chi connectivity index (χ0n) is 35.5. The van der Waals surface area contributed by atoms with Crippen LogP contribution >= 0.6 is 0 Å². The molecule has 2 nitrogen and oxygen atoms in total. The number of anilines is 3. The lowest BCUT2D eigenvalue weighted by Crippen LogP contribution is -2.32. The molecule has 65 heavy (non-hydrogen) atoms. The van der Waals surface area contributed by atoms with Crippen molar-refractivity contribution in [3.05, 3.63) is 271 Å². The van der Waals surface area contributed by atoms with Crippen molar-refractivity contribution in [3.8, 4) is 56.0 Å². The highest BCUT2D eigenvalue weighted by Crippen LogP contribution is 2.64. The van der Waals surface area contributed by atoms with Gasteiger partial charge in [0.05, 0.1) is 11.1 Å². The fourth-order valence-corrected chi connectivity index (χ4v) is 10.8. The lowest BCUT2D eigenvalue weighted by atomic mass is 9.65. The topological polar surface area (TPSA) is 12.5 Å². The number of fused-ring (bicyclic) bond motifs is 13. The molecule has 0 atom stereocenters. The van der Waals surface area contributed by atoms with Crippen LogP contribution in [0.15, 0.2) is 249 Å². The van der Waals surface area contributed by atoms with Crippen LogP contribution in [0.5, 0.6) is 11.5 Å². The average Bonchev–Trinajstić information content (AvgIpc) is 3.67. The van der Waals surface area contributed by atoms with Gasteiger partial charge in [-0.05, 0) is 97.2 Å². The van der Waals surface area contributed by atoms with Crippen LogP contribution in [-0.4, -0.2) is 0 Å². The average molecular weight is 828 g/mol. The lowest BCUT2D eigenvalue weighted by Gasteiger charge is -2.40. The number of rotatable bonds is 6. The second-order valence-electron chi connectivity index (χ2n) is 17.2. The van der Waals surface area contributed by atoms with E-state index in [2.05, 4.69) is 254 Å². The first-order valence-electron chi connectivity index (χ1n) is 22.4. The molecule has 13 rings (SSSR count). The summed E-state index contributed by atoms with van der Waals surface area (Å²) < 4.78 is 7.21. The van der Waals surface area contributed by atoms with Gasteiger partial charge in [-0.2, -0.15) is 0 Å². The molecular weight excluding hydrogens is 787 g/mol. The van der Waals surface area contributed by atoms with Crippen molar-refractivity contribution in [2.24, 2.45) is 0 Å². The molecule has 0 saturated carbocycles. The van der Waals surface area contributed by atoms with E-state index < -0.39 is 5.41 Å². The van der Waals surface area contributed by atoms with Gasteiger partial charge in [-0.3, -0.25) is 0 Å². The van der Waals surface area contributed by atoms with E-state index in [1.165, 1.54) is 61.2 Å². The number of hydrogen-bond acceptors (Lipinski definition) is 2. The maximum absolute atomic E-state index is 7.21. The van der Waals surface area contributed by atoms with Gasteiger partial charge in [0.2, 0.25) is 0 Å². The zero-order valence-corrected chi connectivity index (χ0v) is 35.5. The smallest absolute Gasteiger partial charge is 0.140 e. The fourth-order valence-electron chi connectivity index (χ4n) is 10.8. The van der Waals surface area contributed by atoms with Crippen molar-refractivity contribution in [1.29, 1.82) is 0 Å². The van der Waals surface area contributed by atoms with Crippen molar-refractivity contribution < 1.29 is 4.74 Å². The molecule has 1 spiro atoms. The molecule has 2 aliphatic rings.